The second-order valence-corrected chi connectivity index (χ2v) is 6.25. The zero-order chi connectivity index (χ0) is 18.5. The van der Waals surface area contributed by atoms with Gasteiger partial charge in [-0.25, -0.2) is 4.79 Å². The minimum atomic E-state index is -0.610. The predicted octanol–water partition coefficient (Wildman–Crippen LogP) is 3.11. The average molecular weight is 351 g/mol. The molecule has 2 heterocycles. The van der Waals surface area contributed by atoms with Gasteiger partial charge in [-0.15, -0.1) is 0 Å². The Morgan fingerprint density at radius 2 is 2.00 bits per heavy atom. The molecule has 1 N–H and O–H groups in total. The number of aryl methyl sites for hydroxylation is 4. The summed E-state index contributed by atoms with van der Waals surface area (Å²) in [5.41, 5.74) is 1.81. The number of amides is 1. The van der Waals surface area contributed by atoms with Crippen molar-refractivity contribution in [2.75, 3.05) is 5.32 Å². The van der Waals surface area contributed by atoms with Gasteiger partial charge in [0.25, 0.3) is 5.91 Å². The molecule has 0 spiro atoms. The van der Waals surface area contributed by atoms with Crippen molar-refractivity contribution in [2.45, 2.75) is 26.2 Å². The van der Waals surface area contributed by atoms with Crippen LogP contribution >= 0.6 is 0 Å². The predicted molar refractivity (Wildman–Crippen MR) is 99.3 cm³/mol. The van der Waals surface area contributed by atoms with Crippen molar-refractivity contribution in [3.63, 3.8) is 0 Å². The highest BCUT2D eigenvalue weighted by Crippen LogP contribution is 2.13. The number of hydrogen-bond donors (Lipinski definition) is 1. The molecule has 0 aliphatic rings. The highest BCUT2D eigenvalue weighted by atomic mass is 16.4. The number of nitrogens with zero attached hydrogens (tertiary/aromatic N) is 2. The molecular weight excluding hydrogens is 330 g/mol. The summed E-state index contributed by atoms with van der Waals surface area (Å²) < 4.78 is 6.92. The monoisotopic (exact) mass is 351 g/mol. The van der Waals surface area contributed by atoms with E-state index in [0.717, 1.165) is 12.8 Å². The topological polar surface area (TPSA) is 77.1 Å². The molecule has 26 heavy (non-hydrogen) atoms. The quantitative estimate of drug-likeness (QED) is 0.740. The second kappa shape index (κ2) is 7.82. The molecule has 1 amide bonds. The Bertz CT molecular complexity index is 958. The van der Waals surface area contributed by atoms with Gasteiger partial charge in [0, 0.05) is 19.7 Å². The van der Waals surface area contributed by atoms with Crippen LogP contribution in [0.2, 0.25) is 0 Å². The lowest BCUT2D eigenvalue weighted by molar-refractivity contribution is 0.102. The number of nitrogens with one attached hydrogen (secondary N) is 1. The summed E-state index contributed by atoms with van der Waals surface area (Å²) in [5, 5.41) is 6.64. The zero-order valence-corrected chi connectivity index (χ0v) is 14.9. The first-order chi connectivity index (χ1) is 12.5. The summed E-state index contributed by atoms with van der Waals surface area (Å²) in [6, 6.07) is 11.9. The van der Waals surface area contributed by atoms with Gasteiger partial charge in [0.2, 0.25) is 0 Å². The molecule has 0 saturated heterocycles. The van der Waals surface area contributed by atoms with E-state index in [1.54, 1.807) is 30.9 Å². The molecule has 0 saturated carbocycles. The summed E-state index contributed by atoms with van der Waals surface area (Å²) in [6.07, 6.45) is 5.61. The van der Waals surface area contributed by atoms with Crippen molar-refractivity contribution in [3.05, 3.63) is 81.7 Å². The first kappa shape index (κ1) is 17.7. The number of carbonyl (C=O) groups excluding carboxylic acids is 1. The fourth-order valence-electron chi connectivity index (χ4n) is 2.86. The molecule has 0 aliphatic heterocycles. The summed E-state index contributed by atoms with van der Waals surface area (Å²) in [6.45, 7) is 1.75. The zero-order valence-electron chi connectivity index (χ0n) is 14.9. The molecule has 134 valence electrons. The van der Waals surface area contributed by atoms with Crippen molar-refractivity contribution in [3.8, 4) is 0 Å². The molecule has 2 aromatic heterocycles. The molecule has 6 heteroatoms. The van der Waals surface area contributed by atoms with E-state index >= 15 is 0 Å². The van der Waals surface area contributed by atoms with Gasteiger partial charge in [0.05, 0.1) is 11.9 Å². The van der Waals surface area contributed by atoms with Gasteiger partial charge in [-0.1, -0.05) is 30.3 Å². The lowest BCUT2D eigenvalue weighted by atomic mass is 10.1. The Labute approximate surface area is 151 Å². The Morgan fingerprint density at radius 1 is 1.23 bits per heavy atom. The lowest BCUT2D eigenvalue weighted by Gasteiger charge is -2.07. The van der Waals surface area contributed by atoms with Crippen LogP contribution in [0.4, 0.5) is 5.69 Å². The molecule has 0 fully saturated rings. The van der Waals surface area contributed by atoms with Crippen LogP contribution in [0.5, 0.6) is 0 Å². The number of carbonyl (C=O) groups is 1. The molecule has 0 unspecified atom stereocenters. The van der Waals surface area contributed by atoms with Crippen LogP contribution in [-0.2, 0) is 19.9 Å². The highest BCUT2D eigenvalue weighted by Gasteiger charge is 2.17. The van der Waals surface area contributed by atoms with Crippen LogP contribution in [0, 0.1) is 6.92 Å². The van der Waals surface area contributed by atoms with Crippen LogP contribution in [0.3, 0.4) is 0 Å². The van der Waals surface area contributed by atoms with Gasteiger partial charge in [-0.05, 0) is 37.0 Å². The van der Waals surface area contributed by atoms with Crippen molar-refractivity contribution < 1.29 is 9.21 Å². The Kier molecular flexibility index (Phi) is 5.31. The van der Waals surface area contributed by atoms with Gasteiger partial charge in [0.15, 0.2) is 0 Å². The third-order valence-corrected chi connectivity index (χ3v) is 4.12. The second-order valence-electron chi connectivity index (χ2n) is 6.25. The van der Waals surface area contributed by atoms with E-state index < -0.39 is 11.5 Å². The van der Waals surface area contributed by atoms with Crippen LogP contribution in [-0.4, -0.2) is 15.7 Å². The van der Waals surface area contributed by atoms with Crippen molar-refractivity contribution >= 4 is 11.6 Å². The lowest BCUT2D eigenvalue weighted by Crippen LogP contribution is -2.23. The van der Waals surface area contributed by atoms with Crippen LogP contribution in [0.25, 0.3) is 0 Å². The molecule has 0 aliphatic carbocycles. The van der Waals surface area contributed by atoms with E-state index in [9.17, 15) is 9.59 Å². The number of hydrogen-bond acceptors (Lipinski definition) is 4. The number of aromatic nitrogens is 2. The van der Waals surface area contributed by atoms with Crippen molar-refractivity contribution in [2.24, 2.45) is 7.05 Å². The summed E-state index contributed by atoms with van der Waals surface area (Å²) in [7, 11) is 1.75. The molecule has 3 rings (SSSR count). The normalized spacial score (nSPS) is 10.7. The molecule has 0 atom stereocenters. The SMILES string of the molecule is Cc1cc(CCCc2ccccc2)oc(=O)c1C(=O)Nc1cnn(C)c1. The fourth-order valence-corrected chi connectivity index (χ4v) is 2.86. The first-order valence-electron chi connectivity index (χ1n) is 8.50. The van der Waals surface area contributed by atoms with Crippen LogP contribution < -0.4 is 10.9 Å². The third kappa shape index (κ3) is 4.27. The maximum absolute atomic E-state index is 12.4. The van der Waals surface area contributed by atoms with E-state index in [-0.39, 0.29) is 5.56 Å². The van der Waals surface area contributed by atoms with Gasteiger partial charge in [-0.2, -0.15) is 5.10 Å². The van der Waals surface area contributed by atoms with Crippen molar-refractivity contribution in [1.29, 1.82) is 0 Å². The minimum absolute atomic E-state index is 0.0284. The molecule has 6 nitrogen and oxygen atoms in total. The largest absolute Gasteiger partial charge is 0.427 e. The standard InChI is InChI=1S/C20H21N3O3/c1-14-11-17(10-6-9-15-7-4-3-5-8-15)26-20(25)18(14)19(24)22-16-12-21-23(2)13-16/h3-5,7-8,11-13H,6,9-10H2,1-2H3,(H,22,24). The molecular formula is C20H21N3O3. The van der Waals surface area contributed by atoms with Crippen LogP contribution in [0.15, 0.2) is 58.0 Å². The maximum Gasteiger partial charge on any atom is 0.349 e. The molecule has 0 bridgehead atoms. The first-order valence-corrected chi connectivity index (χ1v) is 8.50. The van der Waals surface area contributed by atoms with Gasteiger partial charge < -0.3 is 9.73 Å². The van der Waals surface area contributed by atoms with Crippen molar-refractivity contribution in [1.82, 2.24) is 9.78 Å². The van der Waals surface area contributed by atoms with E-state index in [0.29, 0.717) is 23.4 Å². The van der Waals surface area contributed by atoms with Gasteiger partial charge >= 0.3 is 5.63 Å². The van der Waals surface area contributed by atoms with Crippen LogP contribution in [0.1, 0.15) is 33.7 Å². The Hall–Kier alpha value is -3.15. The van der Waals surface area contributed by atoms with E-state index in [4.69, 9.17) is 4.42 Å². The van der Waals surface area contributed by atoms with Gasteiger partial charge in [-0.3, -0.25) is 9.48 Å². The number of rotatable bonds is 6. The smallest absolute Gasteiger partial charge is 0.349 e. The average Bonchev–Trinajstić information content (AvgIpc) is 3.00. The Morgan fingerprint density at radius 3 is 2.65 bits per heavy atom. The number of anilines is 1. The maximum atomic E-state index is 12.4. The fraction of sp³-hybridized carbons (Fsp3) is 0.250. The highest BCUT2D eigenvalue weighted by molar-refractivity contribution is 6.04. The van der Waals surface area contributed by atoms with E-state index in [1.165, 1.54) is 11.8 Å². The third-order valence-electron chi connectivity index (χ3n) is 4.12. The van der Waals surface area contributed by atoms with E-state index in [2.05, 4.69) is 22.5 Å². The summed E-state index contributed by atoms with van der Waals surface area (Å²) >= 11 is 0. The molecule has 1 aromatic carbocycles. The molecule has 3 aromatic rings. The minimum Gasteiger partial charge on any atom is -0.427 e. The molecule has 0 radical (unpaired) electrons. The number of benzene rings is 1. The summed E-state index contributed by atoms with van der Waals surface area (Å²) in [4.78, 5) is 24.6. The van der Waals surface area contributed by atoms with Gasteiger partial charge in [0.1, 0.15) is 11.3 Å². The van der Waals surface area contributed by atoms with E-state index in [1.807, 2.05) is 18.2 Å². The Balaban J connectivity index is 1.67. The summed E-state index contributed by atoms with van der Waals surface area (Å²) in [5.74, 6) is 0.112.